The molecule has 1 amide bonds. The van der Waals surface area contributed by atoms with Gasteiger partial charge in [-0.15, -0.1) is 0 Å². The molecule has 8 heteroatoms. The molecule has 0 aliphatic carbocycles. The summed E-state index contributed by atoms with van der Waals surface area (Å²) in [5, 5.41) is 6.89. The number of sulfone groups is 1. The first-order valence-electron chi connectivity index (χ1n) is 7.74. The minimum Gasteiger partial charge on any atom is -0.379 e. The average Bonchev–Trinajstić information content (AvgIpc) is 3.25. The molecule has 1 atom stereocenters. The van der Waals surface area contributed by atoms with Crippen LogP contribution in [-0.4, -0.2) is 43.1 Å². The predicted molar refractivity (Wildman–Crippen MR) is 88.4 cm³/mol. The number of hydrogen-bond acceptors (Lipinski definition) is 5. The van der Waals surface area contributed by atoms with E-state index in [1.54, 1.807) is 35.3 Å². The van der Waals surface area contributed by atoms with Crippen LogP contribution in [0.15, 0.2) is 47.6 Å². The first-order valence-corrected chi connectivity index (χ1v) is 9.39. The van der Waals surface area contributed by atoms with E-state index in [9.17, 15) is 13.2 Å². The first-order chi connectivity index (χ1) is 11.5. The number of amides is 1. The molecule has 0 radical (unpaired) electrons. The number of carbonyl (C=O) groups is 1. The van der Waals surface area contributed by atoms with Crippen LogP contribution < -0.4 is 5.32 Å². The topological polar surface area (TPSA) is 90.3 Å². The third-order valence-electron chi connectivity index (χ3n) is 3.87. The average molecular weight is 349 g/mol. The summed E-state index contributed by atoms with van der Waals surface area (Å²) in [6.45, 7) is 1.33. The Balaban J connectivity index is 1.54. The SMILES string of the molecule is O=C(CCS(=O)(=O)c1ccccc1)Nc1cnn(C2CCOC2)c1. The lowest BCUT2D eigenvalue weighted by molar-refractivity contribution is -0.115. The van der Waals surface area contributed by atoms with Crippen molar-refractivity contribution in [3.8, 4) is 0 Å². The van der Waals surface area contributed by atoms with Gasteiger partial charge in [0.05, 0.1) is 35.2 Å². The van der Waals surface area contributed by atoms with Crippen molar-refractivity contribution in [2.45, 2.75) is 23.8 Å². The highest BCUT2D eigenvalue weighted by Gasteiger charge is 2.19. The molecule has 2 aromatic rings. The van der Waals surface area contributed by atoms with Crippen molar-refractivity contribution < 1.29 is 17.9 Å². The van der Waals surface area contributed by atoms with E-state index in [1.165, 1.54) is 12.1 Å². The van der Waals surface area contributed by atoms with Crippen molar-refractivity contribution in [1.82, 2.24) is 9.78 Å². The lowest BCUT2D eigenvalue weighted by Crippen LogP contribution is -2.17. The number of nitrogens with one attached hydrogen (secondary N) is 1. The highest BCUT2D eigenvalue weighted by molar-refractivity contribution is 7.91. The molecular formula is C16H19N3O4S. The molecule has 1 fully saturated rings. The monoisotopic (exact) mass is 349 g/mol. The van der Waals surface area contributed by atoms with Crippen LogP contribution in [0.2, 0.25) is 0 Å². The van der Waals surface area contributed by atoms with Gasteiger partial charge < -0.3 is 10.1 Å². The molecule has 24 heavy (non-hydrogen) atoms. The fourth-order valence-corrected chi connectivity index (χ4v) is 3.79. The highest BCUT2D eigenvalue weighted by Crippen LogP contribution is 2.19. The van der Waals surface area contributed by atoms with E-state index in [4.69, 9.17) is 4.74 Å². The van der Waals surface area contributed by atoms with Gasteiger partial charge in [-0.05, 0) is 18.6 Å². The Hall–Kier alpha value is -2.19. The van der Waals surface area contributed by atoms with E-state index in [0.717, 1.165) is 6.42 Å². The van der Waals surface area contributed by atoms with Gasteiger partial charge in [0.2, 0.25) is 5.91 Å². The van der Waals surface area contributed by atoms with Gasteiger partial charge in [0, 0.05) is 19.2 Å². The second kappa shape index (κ2) is 7.14. The summed E-state index contributed by atoms with van der Waals surface area (Å²) < 4.78 is 31.4. The second-order valence-electron chi connectivity index (χ2n) is 5.66. The summed E-state index contributed by atoms with van der Waals surface area (Å²) in [7, 11) is -3.45. The molecule has 0 spiro atoms. The Morgan fingerprint density at radius 3 is 2.83 bits per heavy atom. The minimum atomic E-state index is -3.45. The van der Waals surface area contributed by atoms with Crippen LogP contribution in [0.25, 0.3) is 0 Å². The van der Waals surface area contributed by atoms with Gasteiger partial charge in [-0.2, -0.15) is 5.10 Å². The summed E-state index contributed by atoms with van der Waals surface area (Å²) in [4.78, 5) is 12.2. The number of anilines is 1. The number of carbonyl (C=O) groups excluding carboxylic acids is 1. The second-order valence-corrected chi connectivity index (χ2v) is 7.77. The summed E-state index contributed by atoms with van der Waals surface area (Å²) in [5.74, 6) is -0.579. The molecule has 7 nitrogen and oxygen atoms in total. The van der Waals surface area contributed by atoms with Crippen molar-refractivity contribution in [2.24, 2.45) is 0 Å². The lowest BCUT2D eigenvalue weighted by atomic mass is 10.3. The van der Waals surface area contributed by atoms with Gasteiger partial charge in [0.25, 0.3) is 0 Å². The Kier molecular flexibility index (Phi) is 4.96. The Labute approximate surface area is 140 Å². The fraction of sp³-hybridized carbons (Fsp3) is 0.375. The quantitative estimate of drug-likeness (QED) is 0.856. The van der Waals surface area contributed by atoms with E-state index in [2.05, 4.69) is 10.4 Å². The van der Waals surface area contributed by atoms with E-state index in [0.29, 0.717) is 18.9 Å². The van der Waals surface area contributed by atoms with Crippen LogP contribution in [0.3, 0.4) is 0 Å². The van der Waals surface area contributed by atoms with Crippen molar-refractivity contribution in [2.75, 3.05) is 24.3 Å². The van der Waals surface area contributed by atoms with Gasteiger partial charge >= 0.3 is 0 Å². The van der Waals surface area contributed by atoms with Crippen LogP contribution in [0.5, 0.6) is 0 Å². The first kappa shape index (κ1) is 16.7. The molecule has 2 heterocycles. The van der Waals surface area contributed by atoms with Crippen molar-refractivity contribution in [3.05, 3.63) is 42.7 Å². The smallest absolute Gasteiger partial charge is 0.225 e. The molecular weight excluding hydrogens is 330 g/mol. The van der Waals surface area contributed by atoms with Crippen molar-refractivity contribution in [1.29, 1.82) is 0 Å². The van der Waals surface area contributed by atoms with E-state index < -0.39 is 9.84 Å². The number of rotatable bonds is 6. The molecule has 1 unspecified atom stereocenters. The number of ether oxygens (including phenoxy) is 1. The number of benzene rings is 1. The summed E-state index contributed by atoms with van der Waals surface area (Å²) in [5.41, 5.74) is 0.559. The fourth-order valence-electron chi connectivity index (χ4n) is 2.53. The largest absolute Gasteiger partial charge is 0.379 e. The van der Waals surface area contributed by atoms with Crippen molar-refractivity contribution in [3.63, 3.8) is 0 Å². The number of aromatic nitrogens is 2. The third-order valence-corrected chi connectivity index (χ3v) is 5.60. The van der Waals surface area contributed by atoms with Crippen LogP contribution in [0.4, 0.5) is 5.69 Å². The van der Waals surface area contributed by atoms with E-state index in [1.807, 2.05) is 0 Å². The van der Waals surface area contributed by atoms with Crippen molar-refractivity contribution >= 4 is 21.4 Å². The maximum absolute atomic E-state index is 12.2. The number of hydrogen-bond donors (Lipinski definition) is 1. The molecule has 1 aromatic carbocycles. The zero-order valence-electron chi connectivity index (χ0n) is 13.1. The van der Waals surface area contributed by atoms with Crippen LogP contribution in [-0.2, 0) is 19.4 Å². The predicted octanol–water partition coefficient (Wildman–Crippen LogP) is 1.65. The summed E-state index contributed by atoms with van der Waals surface area (Å²) in [6.07, 6.45) is 4.09. The van der Waals surface area contributed by atoms with Crippen LogP contribution in [0, 0.1) is 0 Å². The maximum atomic E-state index is 12.2. The molecule has 1 aromatic heterocycles. The third kappa shape index (κ3) is 4.01. The Bertz CT molecular complexity index is 796. The zero-order valence-corrected chi connectivity index (χ0v) is 13.9. The molecule has 0 saturated carbocycles. The lowest BCUT2D eigenvalue weighted by Gasteiger charge is -2.07. The zero-order chi connectivity index (χ0) is 17.0. The Morgan fingerprint density at radius 1 is 1.33 bits per heavy atom. The normalized spacial score (nSPS) is 17.8. The Morgan fingerprint density at radius 2 is 2.12 bits per heavy atom. The van der Waals surface area contributed by atoms with Gasteiger partial charge in [-0.1, -0.05) is 18.2 Å². The van der Waals surface area contributed by atoms with Gasteiger partial charge in [0.15, 0.2) is 9.84 Å². The number of nitrogens with zero attached hydrogens (tertiary/aromatic N) is 2. The highest BCUT2D eigenvalue weighted by atomic mass is 32.2. The summed E-state index contributed by atoms with van der Waals surface area (Å²) >= 11 is 0. The van der Waals surface area contributed by atoms with Gasteiger partial charge in [0.1, 0.15) is 0 Å². The molecule has 3 rings (SSSR count). The van der Waals surface area contributed by atoms with E-state index in [-0.39, 0.29) is 29.0 Å². The molecule has 1 saturated heterocycles. The maximum Gasteiger partial charge on any atom is 0.225 e. The van der Waals surface area contributed by atoms with Crippen LogP contribution >= 0.6 is 0 Å². The molecule has 1 aliphatic rings. The molecule has 1 N–H and O–H groups in total. The molecule has 1 aliphatic heterocycles. The van der Waals surface area contributed by atoms with E-state index >= 15 is 0 Å². The minimum absolute atomic E-state index is 0.102. The molecule has 0 bridgehead atoms. The van der Waals surface area contributed by atoms with Crippen LogP contribution in [0.1, 0.15) is 18.9 Å². The molecule has 128 valence electrons. The van der Waals surface area contributed by atoms with Gasteiger partial charge in [-0.25, -0.2) is 8.42 Å². The summed E-state index contributed by atoms with van der Waals surface area (Å²) in [6, 6.07) is 8.32. The standard InChI is InChI=1S/C16H19N3O4S/c20-16(7-9-24(21,22)15-4-2-1-3-5-15)18-13-10-17-19(11-13)14-6-8-23-12-14/h1-5,10-11,14H,6-9,12H2,(H,18,20). The van der Waals surface area contributed by atoms with Gasteiger partial charge in [-0.3, -0.25) is 9.48 Å².